The standard InChI is InChI=1S/C20H20BrN3O2.C8H9ClO.C4H4BrN3.Na.H/c1-25-18-7-3-15(4-8-18)13-24(20-22-11-17(21)12-23-20)14-16-5-9-19(26-2)10-6-16;1-10-8-4-2-7(6-9)3-5-8;5-3-1-7-4(6)8-2-3;;/h3-12H,13-14H2,1-2H3;2-5H,6H2,1H3;1-2H,(H2,6,7,8);;/q;;;+1;-1. The largest absolute Gasteiger partial charge is 1.00 e. The molecule has 3 aromatic carbocycles. The smallest absolute Gasteiger partial charge is 1.00 e. The molecule has 2 aromatic heterocycles. The van der Waals surface area contributed by atoms with Crippen molar-refractivity contribution in [2.45, 2.75) is 19.0 Å². The Hall–Kier alpha value is -2.93. The minimum absolute atomic E-state index is 0. The topological polar surface area (TPSA) is 109 Å². The number of nitrogens with zero attached hydrogens (tertiary/aromatic N) is 5. The fourth-order valence-electron chi connectivity index (χ4n) is 3.61. The molecule has 5 rings (SSSR count). The van der Waals surface area contributed by atoms with Gasteiger partial charge in [-0.25, -0.2) is 19.9 Å². The van der Waals surface area contributed by atoms with Crippen LogP contribution in [0.25, 0.3) is 0 Å². The molecule has 9 nitrogen and oxygen atoms in total. The second-order valence-electron chi connectivity index (χ2n) is 8.99. The molecule has 0 fully saturated rings. The molecule has 0 saturated heterocycles. The first-order valence-electron chi connectivity index (χ1n) is 13.2. The number of hydrogen-bond acceptors (Lipinski definition) is 9. The second kappa shape index (κ2) is 21.0. The van der Waals surface area contributed by atoms with E-state index in [4.69, 9.17) is 31.5 Å². The van der Waals surface area contributed by atoms with Crippen LogP contribution in [0.2, 0.25) is 0 Å². The Labute approximate surface area is 309 Å². The van der Waals surface area contributed by atoms with Crippen molar-refractivity contribution in [1.29, 1.82) is 0 Å². The summed E-state index contributed by atoms with van der Waals surface area (Å²) in [7, 11) is 4.98. The third-order valence-electron chi connectivity index (χ3n) is 5.91. The van der Waals surface area contributed by atoms with Gasteiger partial charge >= 0.3 is 29.6 Å². The third kappa shape index (κ3) is 13.9. The first-order chi connectivity index (χ1) is 21.3. The third-order valence-corrected chi connectivity index (χ3v) is 7.04. The van der Waals surface area contributed by atoms with Gasteiger partial charge in [0.05, 0.1) is 30.3 Å². The SMILES string of the molecule is COc1ccc(CCl)cc1.COc1ccc(CN(Cc2ccc(OC)cc2)c2ncc(Br)cn2)cc1.Nc1ncc(Br)cn1.[H-].[Na+]. The predicted molar refractivity (Wildman–Crippen MR) is 183 cm³/mol. The van der Waals surface area contributed by atoms with Crippen molar-refractivity contribution < 1.29 is 45.2 Å². The fourth-order valence-corrected chi connectivity index (χ4v) is 4.19. The van der Waals surface area contributed by atoms with Crippen molar-refractivity contribution in [1.82, 2.24) is 19.9 Å². The molecule has 13 heteroatoms. The van der Waals surface area contributed by atoms with E-state index in [0.717, 1.165) is 42.9 Å². The molecule has 5 aromatic rings. The number of nitrogen functional groups attached to an aromatic ring is 1. The van der Waals surface area contributed by atoms with E-state index < -0.39 is 0 Å². The van der Waals surface area contributed by atoms with Crippen LogP contribution in [0.4, 0.5) is 11.9 Å². The summed E-state index contributed by atoms with van der Waals surface area (Å²) in [6.07, 6.45) is 6.72. The van der Waals surface area contributed by atoms with E-state index in [-0.39, 0.29) is 31.0 Å². The van der Waals surface area contributed by atoms with E-state index in [1.54, 1.807) is 46.1 Å². The van der Waals surface area contributed by atoms with Crippen molar-refractivity contribution in [3.05, 3.63) is 123 Å². The minimum Gasteiger partial charge on any atom is -1.00 e. The number of nitrogens with two attached hydrogens (primary N) is 1. The van der Waals surface area contributed by atoms with Gasteiger partial charge in [-0.3, -0.25) is 0 Å². The van der Waals surface area contributed by atoms with Crippen molar-refractivity contribution >= 4 is 55.4 Å². The van der Waals surface area contributed by atoms with E-state index in [1.165, 1.54) is 0 Å². The molecular weight excluding hydrogens is 735 g/mol. The Bertz CT molecular complexity index is 1430. The van der Waals surface area contributed by atoms with Crippen LogP contribution in [0, 0.1) is 0 Å². The van der Waals surface area contributed by atoms with Crippen LogP contribution in [0.15, 0.2) is 107 Å². The fraction of sp³-hybridized carbons (Fsp3) is 0.188. The first-order valence-corrected chi connectivity index (χ1v) is 15.4. The summed E-state index contributed by atoms with van der Waals surface area (Å²) in [6, 6.07) is 23.8. The molecule has 0 spiro atoms. The van der Waals surface area contributed by atoms with Gasteiger partial charge in [-0.05, 0) is 84.9 Å². The van der Waals surface area contributed by atoms with Gasteiger partial charge < -0.3 is 26.3 Å². The molecule has 0 amide bonds. The summed E-state index contributed by atoms with van der Waals surface area (Å²) in [5, 5.41) is 0. The molecule has 0 atom stereocenters. The molecule has 0 bridgehead atoms. The number of alkyl halides is 1. The average Bonchev–Trinajstić information content (AvgIpc) is 3.07. The van der Waals surface area contributed by atoms with Crippen molar-refractivity contribution in [3.8, 4) is 17.2 Å². The van der Waals surface area contributed by atoms with Crippen LogP contribution in [0.1, 0.15) is 18.1 Å². The summed E-state index contributed by atoms with van der Waals surface area (Å²) in [5.74, 6) is 4.09. The Morgan fingerprint density at radius 3 is 1.27 bits per heavy atom. The monoisotopic (exact) mass is 766 g/mol. The van der Waals surface area contributed by atoms with Crippen LogP contribution < -0.4 is 54.4 Å². The second-order valence-corrected chi connectivity index (χ2v) is 11.1. The number of benzene rings is 3. The molecule has 232 valence electrons. The zero-order valence-corrected chi connectivity index (χ0v) is 31.5. The molecule has 0 aliphatic rings. The van der Waals surface area contributed by atoms with Gasteiger partial charge in [-0.2, -0.15) is 0 Å². The van der Waals surface area contributed by atoms with Crippen molar-refractivity contribution in [2.24, 2.45) is 0 Å². The van der Waals surface area contributed by atoms with Crippen LogP contribution in [-0.4, -0.2) is 41.3 Å². The molecule has 45 heavy (non-hydrogen) atoms. The maximum Gasteiger partial charge on any atom is 1.00 e. The van der Waals surface area contributed by atoms with E-state index in [0.29, 0.717) is 30.9 Å². The Morgan fingerprint density at radius 2 is 0.956 bits per heavy atom. The number of ether oxygens (including phenoxy) is 3. The molecule has 2 N–H and O–H groups in total. The Balaban J connectivity index is 0.000000434. The van der Waals surface area contributed by atoms with Gasteiger partial charge in [0.2, 0.25) is 11.9 Å². The average molecular weight is 769 g/mol. The zero-order chi connectivity index (χ0) is 31.7. The van der Waals surface area contributed by atoms with Crippen LogP contribution in [-0.2, 0) is 19.0 Å². The van der Waals surface area contributed by atoms with Crippen molar-refractivity contribution in [2.75, 3.05) is 32.0 Å². The maximum absolute atomic E-state index is 5.58. The van der Waals surface area contributed by atoms with E-state index in [1.807, 2.05) is 48.5 Å². The Morgan fingerprint density at radius 1 is 0.622 bits per heavy atom. The number of aromatic nitrogens is 4. The van der Waals surface area contributed by atoms with Crippen LogP contribution in [0.5, 0.6) is 17.2 Å². The first kappa shape index (κ1) is 38.3. The summed E-state index contributed by atoms with van der Waals surface area (Å²) in [4.78, 5) is 18.4. The molecule has 0 aliphatic carbocycles. The quantitative estimate of drug-likeness (QED) is 0.167. The van der Waals surface area contributed by atoms with E-state index >= 15 is 0 Å². The number of anilines is 2. The predicted octanol–water partition coefficient (Wildman–Crippen LogP) is 4.83. The van der Waals surface area contributed by atoms with Crippen LogP contribution in [0.3, 0.4) is 0 Å². The number of halogens is 3. The van der Waals surface area contributed by atoms with Gasteiger partial charge in [-0.1, -0.05) is 36.4 Å². The number of methoxy groups -OCH3 is 3. The Kier molecular flexibility index (Phi) is 17.8. The normalized spacial score (nSPS) is 9.73. The summed E-state index contributed by atoms with van der Waals surface area (Å²) in [5.41, 5.74) is 8.61. The van der Waals surface area contributed by atoms with Gasteiger partial charge in [0.25, 0.3) is 0 Å². The summed E-state index contributed by atoms with van der Waals surface area (Å²) < 4.78 is 17.1. The van der Waals surface area contributed by atoms with Gasteiger partial charge in [0, 0.05) is 43.8 Å². The summed E-state index contributed by atoms with van der Waals surface area (Å²) >= 11 is 12.1. The van der Waals surface area contributed by atoms with Crippen LogP contribution >= 0.6 is 43.5 Å². The molecule has 0 radical (unpaired) electrons. The van der Waals surface area contributed by atoms with E-state index in [9.17, 15) is 0 Å². The molecule has 0 unspecified atom stereocenters. The zero-order valence-electron chi connectivity index (χ0n) is 26.5. The molecule has 2 heterocycles. The molecule has 0 aliphatic heterocycles. The summed E-state index contributed by atoms with van der Waals surface area (Å²) in [6.45, 7) is 1.38. The van der Waals surface area contributed by atoms with Crippen molar-refractivity contribution in [3.63, 3.8) is 0 Å². The number of hydrogen-bond donors (Lipinski definition) is 1. The van der Waals surface area contributed by atoms with Gasteiger partial charge in [0.15, 0.2) is 0 Å². The maximum atomic E-state index is 5.58. The van der Waals surface area contributed by atoms with Gasteiger partial charge in [-0.15, -0.1) is 11.6 Å². The van der Waals surface area contributed by atoms with E-state index in [2.05, 4.69) is 81.0 Å². The minimum atomic E-state index is 0. The number of rotatable bonds is 9. The van der Waals surface area contributed by atoms with Gasteiger partial charge in [0.1, 0.15) is 17.2 Å². The molecule has 0 saturated carbocycles. The molecular formula is C32H34Br2ClN6NaO3.